The van der Waals surface area contributed by atoms with Crippen LogP contribution in [0.5, 0.6) is 5.75 Å². The van der Waals surface area contributed by atoms with Gasteiger partial charge in [-0.25, -0.2) is 9.83 Å². The Kier molecular flexibility index (Phi) is 13.3. The zero-order valence-electron chi connectivity index (χ0n) is 24.4. The molecule has 0 radical (unpaired) electrons. The van der Waals surface area contributed by atoms with Gasteiger partial charge in [0, 0.05) is 71.8 Å². The molecule has 1 fully saturated rings. The van der Waals surface area contributed by atoms with Gasteiger partial charge in [0.1, 0.15) is 24.5 Å². The van der Waals surface area contributed by atoms with Gasteiger partial charge in [-0.3, -0.25) is 18.9 Å². The summed E-state index contributed by atoms with van der Waals surface area (Å²) in [4.78, 5) is 37.0. The number of Topliss-reactive ketones (excluding diaryl/α,β-unsaturated/α-hetero) is 1. The molecule has 252 valence electrons. The number of carbonyl (C=O) groups is 3. The second kappa shape index (κ2) is 16.7. The van der Waals surface area contributed by atoms with Crippen LogP contribution in [0, 0.1) is 0 Å². The van der Waals surface area contributed by atoms with Gasteiger partial charge >= 0.3 is 11.9 Å². The third-order valence-electron chi connectivity index (χ3n) is 7.27. The molecule has 7 N–H and O–H groups in total. The summed E-state index contributed by atoms with van der Waals surface area (Å²) in [7, 11) is -4.24. The van der Waals surface area contributed by atoms with Crippen molar-refractivity contribution in [3.8, 4) is 5.75 Å². The summed E-state index contributed by atoms with van der Waals surface area (Å²) in [6, 6.07) is 4.15. The number of nitrogens with zero attached hydrogens (tertiary/aromatic N) is 2. The first-order valence-corrected chi connectivity index (χ1v) is 16.5. The van der Waals surface area contributed by atoms with E-state index in [2.05, 4.69) is 9.37 Å². The Bertz CT molecular complexity index is 1550. The molecule has 0 heterocycles. The van der Waals surface area contributed by atoms with Crippen molar-refractivity contribution in [3.63, 3.8) is 0 Å². The molecule has 0 saturated heterocycles. The highest BCUT2D eigenvalue weighted by molar-refractivity contribution is 7.94. The number of aliphatic hydroxyl groups excluding tert-OH is 2. The van der Waals surface area contributed by atoms with Gasteiger partial charge in [0.15, 0.2) is 12.3 Å². The number of carboxylic acid groups (broad SMARTS) is 2. The van der Waals surface area contributed by atoms with Crippen LogP contribution in [0.15, 0.2) is 53.3 Å². The van der Waals surface area contributed by atoms with Gasteiger partial charge in [0.2, 0.25) is 5.71 Å². The second-order valence-electron chi connectivity index (χ2n) is 10.4. The van der Waals surface area contributed by atoms with Crippen LogP contribution in [0.4, 0.5) is 5.69 Å². The summed E-state index contributed by atoms with van der Waals surface area (Å²) in [5.74, 6) is -4.69. The summed E-state index contributed by atoms with van der Waals surface area (Å²) in [6.45, 7) is 0.485. The molecular formula is C28H35N2O14S2+. The van der Waals surface area contributed by atoms with Crippen molar-refractivity contribution >= 4 is 51.3 Å². The maximum Gasteiger partial charge on any atom is 0.309 e. The molecule has 1 aromatic carbocycles. The second-order valence-corrected chi connectivity index (χ2v) is 12.7. The fourth-order valence-electron chi connectivity index (χ4n) is 5.08. The number of ketones is 1. The summed E-state index contributed by atoms with van der Waals surface area (Å²) in [6.07, 6.45) is 2.94. The Hall–Kier alpha value is -3.78. The van der Waals surface area contributed by atoms with Gasteiger partial charge in [0.25, 0.3) is 10.1 Å². The quantitative estimate of drug-likeness (QED) is 0.0220. The first-order valence-electron chi connectivity index (χ1n) is 14.0. The highest BCUT2D eigenvalue weighted by Gasteiger charge is 2.48. The summed E-state index contributed by atoms with van der Waals surface area (Å²) >= 11 is 0.840. The molecule has 3 rings (SSSR count). The predicted molar refractivity (Wildman–Crippen MR) is 163 cm³/mol. The van der Waals surface area contributed by atoms with Crippen LogP contribution in [-0.4, -0.2) is 116 Å². The van der Waals surface area contributed by atoms with Crippen molar-refractivity contribution in [2.75, 3.05) is 42.6 Å². The van der Waals surface area contributed by atoms with Crippen molar-refractivity contribution in [3.05, 3.63) is 58.9 Å². The number of aliphatic carboxylic acids is 2. The molecule has 0 spiro atoms. The lowest BCUT2D eigenvalue weighted by Gasteiger charge is -2.36. The lowest BCUT2D eigenvalue weighted by molar-refractivity contribution is -0.525. The number of carboxylic acids is 2. The van der Waals surface area contributed by atoms with Crippen LogP contribution in [-0.2, 0) is 33.9 Å². The van der Waals surface area contributed by atoms with Crippen molar-refractivity contribution in [2.45, 2.75) is 37.7 Å². The molecule has 18 heteroatoms. The Morgan fingerprint density at radius 1 is 1.02 bits per heavy atom. The molecule has 0 aliphatic heterocycles. The van der Waals surface area contributed by atoms with Crippen LogP contribution in [0.1, 0.15) is 37.2 Å². The molecule has 0 aromatic heterocycles. The van der Waals surface area contributed by atoms with Gasteiger partial charge in [-0.1, -0.05) is 11.1 Å². The zero-order chi connectivity index (χ0) is 34.0. The van der Waals surface area contributed by atoms with E-state index in [-0.39, 0.29) is 67.1 Å². The van der Waals surface area contributed by atoms with Crippen LogP contribution >= 0.6 is 12.0 Å². The summed E-state index contributed by atoms with van der Waals surface area (Å²) in [5, 5.41) is 62.5. The standard InChI is InChI=1S/C28H34N2O14S2/c31-21-15-17(29(11-7-23(33)34)9-1-13-45-44-43-39)3-5-19(21)25-27(37)26(28(25)38)20-6-4-18(16-22(20)32)30(12-8-24(35)36)10-2-14-46(40,41)42/h3-6,15-16,26-27,37H,1-2,7-14H2,(H5,32,33,34,35,36,39,40,41,42)/p+1. The summed E-state index contributed by atoms with van der Waals surface area (Å²) < 4.78 is 37.2. The van der Waals surface area contributed by atoms with Gasteiger partial charge in [-0.05, 0) is 18.6 Å². The van der Waals surface area contributed by atoms with Crippen molar-refractivity contribution in [1.29, 1.82) is 0 Å². The number of phenolic OH excluding ortho intramolecular Hbond substituents is 1. The molecule has 16 nitrogen and oxygen atoms in total. The van der Waals surface area contributed by atoms with Gasteiger partial charge in [0.05, 0.1) is 30.3 Å². The van der Waals surface area contributed by atoms with Crippen molar-refractivity contribution in [2.24, 2.45) is 0 Å². The smallest absolute Gasteiger partial charge is 0.309 e. The maximum atomic E-state index is 13.2. The number of phenols is 1. The van der Waals surface area contributed by atoms with Crippen LogP contribution < -0.4 is 4.90 Å². The topological polar surface area (TPSA) is 252 Å². The normalized spacial score (nSPS) is 20.7. The Morgan fingerprint density at radius 3 is 2.33 bits per heavy atom. The van der Waals surface area contributed by atoms with E-state index in [1.54, 1.807) is 10.7 Å². The minimum atomic E-state index is -4.24. The minimum Gasteiger partial charge on any atom is -0.508 e. The monoisotopic (exact) mass is 687 g/mol. The van der Waals surface area contributed by atoms with E-state index in [1.165, 1.54) is 35.3 Å². The Morgan fingerprint density at radius 2 is 1.74 bits per heavy atom. The van der Waals surface area contributed by atoms with E-state index in [0.717, 1.165) is 12.0 Å². The molecular weight excluding hydrogens is 652 g/mol. The lowest BCUT2D eigenvalue weighted by atomic mass is 9.69. The van der Waals surface area contributed by atoms with E-state index < -0.39 is 45.6 Å². The summed E-state index contributed by atoms with van der Waals surface area (Å²) in [5.41, 5.74) is 0.861. The first-order chi connectivity index (χ1) is 21.7. The highest BCUT2D eigenvalue weighted by Crippen LogP contribution is 2.45. The highest BCUT2D eigenvalue weighted by atomic mass is 32.2. The minimum absolute atomic E-state index is 0.0210. The van der Waals surface area contributed by atoms with E-state index >= 15 is 0 Å². The van der Waals surface area contributed by atoms with Gasteiger partial charge in [-0.15, -0.1) is 4.33 Å². The molecule has 0 amide bonds. The number of carbonyl (C=O) groups excluding carboxylic acids is 1. The number of allylic oxidation sites excluding steroid dienone is 3. The number of hydrogen-bond donors (Lipinski definition) is 7. The van der Waals surface area contributed by atoms with Crippen molar-refractivity contribution < 1.29 is 72.1 Å². The van der Waals surface area contributed by atoms with E-state index in [4.69, 9.17) is 20.0 Å². The number of hydrogen-bond acceptors (Lipinski definition) is 13. The number of aliphatic hydroxyl groups is 2. The first kappa shape index (κ1) is 36.7. The molecule has 2 atom stereocenters. The molecule has 0 bridgehead atoms. The molecule has 2 aliphatic rings. The van der Waals surface area contributed by atoms with Crippen LogP contribution in [0.3, 0.4) is 0 Å². The third-order valence-corrected chi connectivity index (χ3v) is 8.68. The number of anilines is 1. The largest absolute Gasteiger partial charge is 0.508 e. The molecule has 1 aromatic rings. The fourth-order valence-corrected chi connectivity index (χ4v) is 5.93. The SMILES string of the molecule is O=C(O)CCN(CCCS(=O)(=O)O)c1ccc(C2C(=O)C(=C3C=CC(=[N+](CCCSOOO)CCC(=O)O)C=C3O)C2O)c(O)c1. The molecule has 1 saturated carbocycles. The molecule has 46 heavy (non-hydrogen) atoms. The lowest BCUT2D eigenvalue weighted by Crippen LogP contribution is -2.44. The Labute approximate surface area is 268 Å². The third kappa shape index (κ3) is 10.1. The van der Waals surface area contributed by atoms with Gasteiger partial charge < -0.3 is 30.4 Å². The number of aromatic hydroxyl groups is 1. The average Bonchev–Trinajstić information content (AvgIpc) is 2.97. The van der Waals surface area contributed by atoms with Crippen LogP contribution in [0.25, 0.3) is 0 Å². The van der Waals surface area contributed by atoms with E-state index in [0.29, 0.717) is 30.1 Å². The molecule has 2 unspecified atom stereocenters. The average molecular weight is 688 g/mol. The Balaban J connectivity index is 1.80. The number of rotatable bonds is 18. The van der Waals surface area contributed by atoms with Crippen molar-refractivity contribution in [1.82, 2.24) is 0 Å². The van der Waals surface area contributed by atoms with E-state index in [1.807, 2.05) is 0 Å². The predicted octanol–water partition coefficient (Wildman–Crippen LogP) is 1.67. The van der Waals surface area contributed by atoms with Gasteiger partial charge in [-0.2, -0.15) is 8.42 Å². The maximum absolute atomic E-state index is 13.2. The van der Waals surface area contributed by atoms with Crippen LogP contribution in [0.2, 0.25) is 0 Å². The number of benzene rings is 1. The van der Waals surface area contributed by atoms with E-state index in [9.17, 15) is 38.1 Å². The zero-order valence-corrected chi connectivity index (χ0v) is 26.0. The molecule has 2 aliphatic carbocycles. The fraction of sp³-hybridized carbons (Fsp3) is 0.429.